The molecule has 1 aliphatic heterocycles. The second-order valence-corrected chi connectivity index (χ2v) is 2.63. The second kappa shape index (κ2) is 3.34. The molecule has 0 bridgehead atoms. The largest absolute Gasteiger partial charge is 0.480 e. The fraction of sp³-hybridized carbons (Fsp3) is 0.571. The highest BCUT2D eigenvalue weighted by Gasteiger charge is 2.23. The van der Waals surface area contributed by atoms with Crippen LogP contribution in [0.2, 0.25) is 0 Å². The molecule has 0 radical (unpaired) electrons. The minimum atomic E-state index is -1.11. The Morgan fingerprint density at radius 2 is 2.08 bits per heavy atom. The first-order valence-corrected chi connectivity index (χ1v) is 3.64. The Bertz CT molecular complexity index is 246. The predicted molar refractivity (Wildman–Crippen MR) is 40.3 cm³/mol. The fourth-order valence-corrected chi connectivity index (χ4v) is 1.12. The average Bonchev–Trinajstić information content (AvgIpc) is 2.04. The predicted octanol–water partition coefficient (Wildman–Crippen LogP) is 0.149. The van der Waals surface area contributed by atoms with E-state index in [-0.39, 0.29) is 5.71 Å². The van der Waals surface area contributed by atoms with Gasteiger partial charge in [-0.1, -0.05) is 0 Å². The summed E-state index contributed by atoms with van der Waals surface area (Å²) in [6.07, 6.45) is 1.40. The average molecular weight is 171 g/mol. The van der Waals surface area contributed by atoms with E-state index < -0.39 is 18.0 Å². The quantitative estimate of drug-likeness (QED) is 0.619. The van der Waals surface area contributed by atoms with Crippen LogP contribution in [0, 0.1) is 0 Å². The summed E-state index contributed by atoms with van der Waals surface area (Å²) in [5, 5.41) is 17.1. The van der Waals surface area contributed by atoms with Gasteiger partial charge in [-0.15, -0.1) is 0 Å². The molecule has 0 amide bonds. The van der Waals surface area contributed by atoms with Gasteiger partial charge in [-0.05, 0) is 19.3 Å². The van der Waals surface area contributed by atoms with Gasteiger partial charge in [0.1, 0.15) is 11.8 Å². The molecule has 0 saturated heterocycles. The van der Waals surface area contributed by atoms with E-state index >= 15 is 0 Å². The van der Waals surface area contributed by atoms with Crippen molar-refractivity contribution < 1.29 is 19.8 Å². The van der Waals surface area contributed by atoms with Crippen molar-refractivity contribution in [1.29, 1.82) is 0 Å². The lowest BCUT2D eigenvalue weighted by atomic mass is 10.0. The molecule has 2 N–H and O–H groups in total. The summed E-state index contributed by atoms with van der Waals surface area (Å²) in [5.41, 5.74) is -0.0198. The van der Waals surface area contributed by atoms with Gasteiger partial charge in [-0.25, -0.2) is 9.59 Å². The summed E-state index contributed by atoms with van der Waals surface area (Å²) >= 11 is 0. The molecule has 0 aliphatic carbocycles. The lowest BCUT2D eigenvalue weighted by molar-refractivity contribution is -0.138. The third-order valence-electron chi connectivity index (χ3n) is 1.73. The molecule has 0 unspecified atom stereocenters. The number of carboxylic acids is 2. The summed E-state index contributed by atoms with van der Waals surface area (Å²) in [4.78, 5) is 24.4. The smallest absolute Gasteiger partial charge is 0.349 e. The lowest BCUT2D eigenvalue weighted by Gasteiger charge is -2.14. The van der Waals surface area contributed by atoms with E-state index in [0.29, 0.717) is 19.3 Å². The molecule has 0 aromatic rings. The molecule has 1 aliphatic rings. The Morgan fingerprint density at radius 3 is 2.58 bits per heavy atom. The van der Waals surface area contributed by atoms with E-state index in [1.807, 2.05) is 0 Å². The normalized spacial score (nSPS) is 23.0. The SMILES string of the molecule is O=C(O)C1=N[C@@H](C(=O)O)CCC1. The van der Waals surface area contributed by atoms with Crippen molar-refractivity contribution in [3.63, 3.8) is 0 Å². The third-order valence-corrected chi connectivity index (χ3v) is 1.73. The third kappa shape index (κ3) is 1.81. The maximum atomic E-state index is 10.4. The molecule has 5 heteroatoms. The molecule has 0 spiro atoms. The maximum absolute atomic E-state index is 10.4. The van der Waals surface area contributed by atoms with Gasteiger partial charge < -0.3 is 10.2 Å². The van der Waals surface area contributed by atoms with Crippen molar-refractivity contribution >= 4 is 17.7 Å². The van der Waals surface area contributed by atoms with E-state index in [2.05, 4.69) is 4.99 Å². The van der Waals surface area contributed by atoms with Gasteiger partial charge in [0.15, 0.2) is 0 Å². The molecule has 1 atom stereocenters. The minimum Gasteiger partial charge on any atom is -0.480 e. The molecule has 0 fully saturated rings. The highest BCUT2D eigenvalue weighted by atomic mass is 16.4. The summed E-state index contributed by atoms with van der Waals surface area (Å²) < 4.78 is 0. The number of carbonyl (C=O) groups is 2. The fourth-order valence-electron chi connectivity index (χ4n) is 1.12. The Balaban J connectivity index is 2.76. The molecular formula is C7H9NO4. The Hall–Kier alpha value is -1.39. The number of nitrogens with zero attached hydrogens (tertiary/aromatic N) is 1. The summed E-state index contributed by atoms with van der Waals surface area (Å²) in [6, 6.07) is -0.857. The number of rotatable bonds is 2. The Morgan fingerprint density at radius 1 is 1.42 bits per heavy atom. The van der Waals surface area contributed by atoms with E-state index in [1.54, 1.807) is 0 Å². The molecule has 1 heterocycles. The van der Waals surface area contributed by atoms with E-state index in [0.717, 1.165) is 0 Å². The van der Waals surface area contributed by atoms with E-state index in [9.17, 15) is 9.59 Å². The van der Waals surface area contributed by atoms with E-state index in [4.69, 9.17) is 10.2 Å². The van der Waals surface area contributed by atoms with E-state index in [1.165, 1.54) is 0 Å². The standard InChI is InChI=1S/C7H9NO4/c9-6(10)4-2-1-3-5(8-4)7(11)12/h4H,1-3H2,(H,9,10)(H,11,12)/t4-/m1/s1. The number of hydrogen-bond acceptors (Lipinski definition) is 3. The van der Waals surface area contributed by atoms with Crippen LogP contribution in [0.5, 0.6) is 0 Å². The number of carboxylic acid groups (broad SMARTS) is 2. The minimum absolute atomic E-state index is 0.0198. The van der Waals surface area contributed by atoms with Crippen LogP contribution in [-0.2, 0) is 9.59 Å². The van der Waals surface area contributed by atoms with Crippen molar-refractivity contribution in [3.05, 3.63) is 0 Å². The first-order valence-electron chi connectivity index (χ1n) is 3.64. The van der Waals surface area contributed by atoms with Crippen molar-refractivity contribution in [3.8, 4) is 0 Å². The highest BCUT2D eigenvalue weighted by molar-refractivity contribution is 6.35. The molecule has 5 nitrogen and oxygen atoms in total. The molecule has 0 saturated carbocycles. The zero-order valence-electron chi connectivity index (χ0n) is 6.36. The molecule has 0 aromatic heterocycles. The van der Waals surface area contributed by atoms with Gasteiger partial charge in [-0.2, -0.15) is 0 Å². The van der Waals surface area contributed by atoms with Crippen molar-refractivity contribution in [1.82, 2.24) is 0 Å². The van der Waals surface area contributed by atoms with Gasteiger partial charge >= 0.3 is 11.9 Å². The topological polar surface area (TPSA) is 87.0 Å². The Labute approximate surface area is 68.7 Å². The van der Waals surface area contributed by atoms with Crippen LogP contribution in [0.25, 0.3) is 0 Å². The highest BCUT2D eigenvalue weighted by Crippen LogP contribution is 2.13. The number of hydrogen-bond donors (Lipinski definition) is 2. The number of aliphatic imine (C=N–C) groups is 1. The zero-order valence-corrected chi connectivity index (χ0v) is 6.36. The van der Waals surface area contributed by atoms with Gasteiger partial charge in [0, 0.05) is 0 Å². The zero-order chi connectivity index (χ0) is 9.14. The second-order valence-electron chi connectivity index (χ2n) is 2.63. The Kier molecular flexibility index (Phi) is 2.42. The summed E-state index contributed by atoms with van der Waals surface area (Å²) in [6.45, 7) is 0. The lowest BCUT2D eigenvalue weighted by Crippen LogP contribution is -2.27. The van der Waals surface area contributed by atoms with Crippen molar-refractivity contribution in [2.75, 3.05) is 0 Å². The van der Waals surface area contributed by atoms with Crippen LogP contribution in [0.4, 0.5) is 0 Å². The van der Waals surface area contributed by atoms with Gasteiger partial charge in [0.2, 0.25) is 0 Å². The van der Waals surface area contributed by atoms with Crippen LogP contribution in [0.3, 0.4) is 0 Å². The van der Waals surface area contributed by atoms with Crippen molar-refractivity contribution in [2.24, 2.45) is 4.99 Å². The van der Waals surface area contributed by atoms with Crippen LogP contribution in [0.1, 0.15) is 19.3 Å². The number of aliphatic carboxylic acids is 2. The molecule has 1 rings (SSSR count). The summed E-state index contributed by atoms with van der Waals surface area (Å²) in [5.74, 6) is -2.16. The molecular weight excluding hydrogens is 162 g/mol. The molecule has 66 valence electrons. The van der Waals surface area contributed by atoms with Crippen molar-refractivity contribution in [2.45, 2.75) is 25.3 Å². The van der Waals surface area contributed by atoms with Crippen LogP contribution >= 0.6 is 0 Å². The first kappa shape index (κ1) is 8.70. The maximum Gasteiger partial charge on any atom is 0.349 e. The summed E-state index contributed by atoms with van der Waals surface area (Å²) in [7, 11) is 0. The van der Waals surface area contributed by atoms with Crippen LogP contribution < -0.4 is 0 Å². The molecule has 12 heavy (non-hydrogen) atoms. The van der Waals surface area contributed by atoms with Gasteiger partial charge in [-0.3, -0.25) is 4.99 Å². The first-order chi connectivity index (χ1) is 5.61. The van der Waals surface area contributed by atoms with Gasteiger partial charge in [0.05, 0.1) is 0 Å². The van der Waals surface area contributed by atoms with Crippen LogP contribution in [-0.4, -0.2) is 33.9 Å². The molecule has 0 aromatic carbocycles. The van der Waals surface area contributed by atoms with Gasteiger partial charge in [0.25, 0.3) is 0 Å². The monoisotopic (exact) mass is 171 g/mol. The van der Waals surface area contributed by atoms with Crippen LogP contribution in [0.15, 0.2) is 4.99 Å².